The number of nitrogens with two attached hydrogens (primary N) is 1. The molecule has 1 atom stereocenters. The monoisotopic (exact) mass is 273 g/mol. The molecule has 4 nitrogen and oxygen atoms in total. The minimum atomic E-state index is 0.0462. The van der Waals surface area contributed by atoms with Crippen LogP contribution >= 0.6 is 0 Å². The molecule has 2 aliphatic rings. The van der Waals surface area contributed by atoms with Gasteiger partial charge >= 0.3 is 0 Å². The van der Waals surface area contributed by atoms with Crippen LogP contribution in [0.2, 0.25) is 0 Å². The van der Waals surface area contributed by atoms with Crippen LogP contribution in [0.4, 0.5) is 0 Å². The van der Waals surface area contributed by atoms with Crippen LogP contribution in [0.15, 0.2) is 30.3 Å². The average Bonchev–Trinajstić information content (AvgIpc) is 2.80. The first-order valence-corrected chi connectivity index (χ1v) is 7.53. The Morgan fingerprint density at radius 2 is 1.85 bits per heavy atom. The Morgan fingerprint density at radius 3 is 2.45 bits per heavy atom. The molecule has 108 valence electrons. The molecule has 0 saturated carbocycles. The Balaban J connectivity index is 1.51. The third-order valence-electron chi connectivity index (χ3n) is 4.44. The summed E-state index contributed by atoms with van der Waals surface area (Å²) in [4.78, 5) is 16.4. The van der Waals surface area contributed by atoms with Crippen LogP contribution in [0.3, 0.4) is 0 Å². The molecule has 2 saturated heterocycles. The first-order valence-electron chi connectivity index (χ1n) is 7.53. The van der Waals surface area contributed by atoms with Gasteiger partial charge in [-0.1, -0.05) is 30.3 Å². The summed E-state index contributed by atoms with van der Waals surface area (Å²) in [6.07, 6.45) is 2.68. The molecule has 2 N–H and O–H groups in total. The Labute approximate surface area is 120 Å². The zero-order valence-electron chi connectivity index (χ0n) is 11.9. The van der Waals surface area contributed by atoms with E-state index in [9.17, 15) is 4.79 Å². The summed E-state index contributed by atoms with van der Waals surface area (Å²) in [6, 6.07) is 11.0. The van der Waals surface area contributed by atoms with Gasteiger partial charge in [0.2, 0.25) is 5.91 Å². The van der Waals surface area contributed by atoms with Crippen molar-refractivity contribution < 1.29 is 4.79 Å². The van der Waals surface area contributed by atoms with Gasteiger partial charge < -0.3 is 10.6 Å². The van der Waals surface area contributed by atoms with E-state index in [1.165, 1.54) is 5.56 Å². The van der Waals surface area contributed by atoms with E-state index >= 15 is 0 Å². The lowest BCUT2D eigenvalue weighted by Gasteiger charge is -2.36. The van der Waals surface area contributed by atoms with E-state index in [1.807, 2.05) is 4.90 Å². The number of amides is 1. The van der Waals surface area contributed by atoms with Gasteiger partial charge in [-0.2, -0.15) is 0 Å². The predicted octanol–water partition coefficient (Wildman–Crippen LogP) is 1.21. The van der Waals surface area contributed by atoms with Crippen LogP contribution < -0.4 is 5.73 Å². The molecule has 1 aromatic rings. The number of nitrogens with zero attached hydrogens (tertiary/aromatic N) is 2. The number of carbonyl (C=O) groups excluding carboxylic acids is 1. The predicted molar refractivity (Wildman–Crippen MR) is 79.0 cm³/mol. The smallest absolute Gasteiger partial charge is 0.224 e. The summed E-state index contributed by atoms with van der Waals surface area (Å²) in [5.41, 5.74) is 7.24. The molecule has 0 aliphatic carbocycles. The van der Waals surface area contributed by atoms with Gasteiger partial charge in [-0.15, -0.1) is 0 Å². The number of benzene rings is 1. The summed E-state index contributed by atoms with van der Waals surface area (Å²) in [6.45, 7) is 3.90. The molecule has 0 radical (unpaired) electrons. The molecule has 0 spiro atoms. The maximum absolute atomic E-state index is 11.9. The topological polar surface area (TPSA) is 49.6 Å². The van der Waals surface area contributed by atoms with E-state index in [-0.39, 0.29) is 11.9 Å². The highest BCUT2D eigenvalue weighted by Crippen LogP contribution is 2.22. The maximum atomic E-state index is 11.9. The van der Waals surface area contributed by atoms with E-state index < -0.39 is 0 Å². The molecule has 2 aliphatic heterocycles. The van der Waals surface area contributed by atoms with Crippen LogP contribution in [-0.4, -0.2) is 47.4 Å². The number of carbonyl (C=O) groups is 1. The Morgan fingerprint density at radius 1 is 1.15 bits per heavy atom. The van der Waals surface area contributed by atoms with Crippen LogP contribution in [0.5, 0.6) is 0 Å². The summed E-state index contributed by atoms with van der Waals surface area (Å²) < 4.78 is 0. The fourth-order valence-electron chi connectivity index (χ4n) is 3.34. The van der Waals surface area contributed by atoms with Gasteiger partial charge in [0, 0.05) is 44.7 Å². The lowest BCUT2D eigenvalue weighted by atomic mass is 10.0. The molecule has 2 heterocycles. The zero-order valence-corrected chi connectivity index (χ0v) is 11.9. The van der Waals surface area contributed by atoms with Crippen molar-refractivity contribution in [2.45, 2.75) is 37.9 Å². The van der Waals surface area contributed by atoms with E-state index in [4.69, 9.17) is 5.73 Å². The zero-order chi connectivity index (χ0) is 13.9. The second kappa shape index (κ2) is 5.94. The first kappa shape index (κ1) is 13.6. The van der Waals surface area contributed by atoms with Crippen molar-refractivity contribution >= 4 is 5.91 Å². The maximum Gasteiger partial charge on any atom is 0.224 e. The largest absolute Gasteiger partial charge is 0.338 e. The van der Waals surface area contributed by atoms with Crippen LogP contribution in [0.1, 0.15) is 24.8 Å². The standard InChI is InChI=1S/C16H23N3O/c17-14-10-16(20)19(12-14)15-6-8-18(9-7-15)11-13-4-2-1-3-5-13/h1-5,14-15H,6-12,17H2. The molecule has 1 amide bonds. The van der Waals surface area contributed by atoms with Crippen molar-refractivity contribution in [3.63, 3.8) is 0 Å². The van der Waals surface area contributed by atoms with Crippen LogP contribution in [0, 0.1) is 0 Å². The van der Waals surface area contributed by atoms with Gasteiger partial charge in [-0.05, 0) is 18.4 Å². The van der Waals surface area contributed by atoms with Gasteiger partial charge in [0.25, 0.3) is 0 Å². The molecular formula is C16H23N3O. The number of hydrogen-bond acceptors (Lipinski definition) is 3. The lowest BCUT2D eigenvalue weighted by molar-refractivity contribution is -0.130. The van der Waals surface area contributed by atoms with Crippen molar-refractivity contribution in [1.29, 1.82) is 0 Å². The van der Waals surface area contributed by atoms with Crippen LogP contribution in [-0.2, 0) is 11.3 Å². The van der Waals surface area contributed by atoms with Crippen molar-refractivity contribution in [2.75, 3.05) is 19.6 Å². The first-order chi connectivity index (χ1) is 9.72. The minimum absolute atomic E-state index is 0.0462. The normalized spacial score (nSPS) is 25.4. The molecule has 0 aromatic heterocycles. The average molecular weight is 273 g/mol. The van der Waals surface area contributed by atoms with Crippen molar-refractivity contribution in [3.8, 4) is 0 Å². The van der Waals surface area contributed by atoms with Crippen LogP contribution in [0.25, 0.3) is 0 Å². The number of piperidine rings is 1. The summed E-state index contributed by atoms with van der Waals surface area (Å²) in [5, 5.41) is 0. The molecule has 20 heavy (non-hydrogen) atoms. The van der Waals surface area contributed by atoms with Gasteiger partial charge in [-0.25, -0.2) is 0 Å². The summed E-state index contributed by atoms with van der Waals surface area (Å²) in [7, 11) is 0. The fraction of sp³-hybridized carbons (Fsp3) is 0.562. The molecule has 3 rings (SSSR count). The molecular weight excluding hydrogens is 250 g/mol. The van der Waals surface area contributed by atoms with Gasteiger partial charge in [0.15, 0.2) is 0 Å². The van der Waals surface area contributed by atoms with Gasteiger partial charge in [0.1, 0.15) is 0 Å². The second-order valence-electron chi connectivity index (χ2n) is 6.00. The quantitative estimate of drug-likeness (QED) is 0.900. The fourth-order valence-corrected chi connectivity index (χ4v) is 3.34. The van der Waals surface area contributed by atoms with E-state index in [0.717, 1.165) is 39.0 Å². The highest BCUT2D eigenvalue weighted by atomic mass is 16.2. The molecule has 1 aromatic carbocycles. The Bertz CT molecular complexity index is 454. The molecule has 0 bridgehead atoms. The van der Waals surface area contributed by atoms with Crippen molar-refractivity contribution in [3.05, 3.63) is 35.9 Å². The van der Waals surface area contributed by atoms with E-state index in [2.05, 4.69) is 35.2 Å². The summed E-state index contributed by atoms with van der Waals surface area (Å²) >= 11 is 0. The molecule has 2 fully saturated rings. The highest BCUT2D eigenvalue weighted by molar-refractivity contribution is 5.79. The SMILES string of the molecule is NC1CC(=O)N(C2CCN(Cc3ccccc3)CC2)C1. The minimum Gasteiger partial charge on any atom is -0.338 e. The van der Waals surface area contributed by atoms with Crippen molar-refractivity contribution in [1.82, 2.24) is 9.80 Å². The van der Waals surface area contributed by atoms with E-state index in [1.54, 1.807) is 0 Å². The number of likely N-dealkylation sites (tertiary alicyclic amines) is 2. The van der Waals surface area contributed by atoms with E-state index in [0.29, 0.717) is 12.5 Å². The van der Waals surface area contributed by atoms with Gasteiger partial charge in [0.05, 0.1) is 0 Å². The van der Waals surface area contributed by atoms with Crippen molar-refractivity contribution in [2.24, 2.45) is 5.73 Å². The molecule has 4 heteroatoms. The second-order valence-corrected chi connectivity index (χ2v) is 6.00. The Hall–Kier alpha value is -1.39. The molecule has 1 unspecified atom stereocenters. The third-order valence-corrected chi connectivity index (χ3v) is 4.44. The third kappa shape index (κ3) is 3.02. The summed E-state index contributed by atoms with van der Waals surface area (Å²) in [5.74, 6) is 0.249. The lowest BCUT2D eigenvalue weighted by Crippen LogP contribution is -2.45. The Kier molecular flexibility index (Phi) is 4.03. The number of rotatable bonds is 3. The van der Waals surface area contributed by atoms with Gasteiger partial charge in [-0.3, -0.25) is 9.69 Å². The number of hydrogen-bond donors (Lipinski definition) is 1. The highest BCUT2D eigenvalue weighted by Gasteiger charge is 2.34.